The van der Waals surface area contributed by atoms with Gasteiger partial charge in [0, 0.05) is 11.8 Å². The van der Waals surface area contributed by atoms with Crippen LogP contribution in [0.25, 0.3) is 6.08 Å². The molecule has 1 atom stereocenters. The molecule has 1 aliphatic rings. The molecule has 0 saturated carbocycles. The van der Waals surface area contributed by atoms with Crippen molar-refractivity contribution >= 4 is 6.08 Å². The van der Waals surface area contributed by atoms with Gasteiger partial charge in [-0.3, -0.25) is 4.98 Å². The Morgan fingerprint density at radius 2 is 2.19 bits per heavy atom. The summed E-state index contributed by atoms with van der Waals surface area (Å²) in [6.45, 7) is 2.65. The molecule has 0 radical (unpaired) electrons. The second kappa shape index (κ2) is 6.08. The maximum Gasteiger partial charge on any atom is 0.185 e. The predicted octanol–water partition coefficient (Wildman–Crippen LogP) is 3.00. The summed E-state index contributed by atoms with van der Waals surface area (Å²) in [4.78, 5) is 4.28. The number of aliphatic hydroxyl groups excluding tert-OH is 1. The topological polar surface area (TPSA) is 51.6 Å². The van der Waals surface area contributed by atoms with Crippen molar-refractivity contribution in [2.24, 2.45) is 0 Å². The van der Waals surface area contributed by atoms with Crippen LogP contribution in [0.1, 0.15) is 28.7 Å². The van der Waals surface area contributed by atoms with Crippen LogP contribution in [0, 0.1) is 6.92 Å². The molecule has 1 aromatic heterocycles. The Morgan fingerprint density at radius 3 is 3.00 bits per heavy atom. The number of aliphatic hydroxyl groups is 1. The number of fused-ring (bicyclic) bond motifs is 1. The molecule has 2 heterocycles. The highest BCUT2D eigenvalue weighted by Crippen LogP contribution is 2.37. The standard InChI is InChI=1S/C17H17NO3/c1-12-16(15-14(10-18-12)11-21-17(15)19)20-9-5-8-13-6-3-2-4-7-13/h2-8,10,17,19H,9,11H2,1H3/b8-5-. The number of aromatic nitrogens is 1. The fourth-order valence-corrected chi connectivity index (χ4v) is 2.34. The molecule has 0 bridgehead atoms. The third-order valence-corrected chi connectivity index (χ3v) is 3.41. The van der Waals surface area contributed by atoms with Gasteiger partial charge in [0.2, 0.25) is 0 Å². The Labute approximate surface area is 123 Å². The normalized spacial score (nSPS) is 17.1. The van der Waals surface area contributed by atoms with E-state index in [0.29, 0.717) is 24.5 Å². The number of nitrogens with zero attached hydrogens (tertiary/aromatic N) is 1. The smallest absolute Gasteiger partial charge is 0.185 e. The molecule has 108 valence electrons. The Hall–Kier alpha value is -2.17. The number of ether oxygens (including phenoxy) is 2. The fourth-order valence-electron chi connectivity index (χ4n) is 2.34. The summed E-state index contributed by atoms with van der Waals surface area (Å²) in [7, 11) is 0. The summed E-state index contributed by atoms with van der Waals surface area (Å²) >= 11 is 0. The van der Waals surface area contributed by atoms with Crippen LogP contribution in [0.15, 0.2) is 42.6 Å². The molecule has 1 aromatic carbocycles. The van der Waals surface area contributed by atoms with E-state index in [4.69, 9.17) is 9.47 Å². The van der Waals surface area contributed by atoms with Gasteiger partial charge >= 0.3 is 0 Å². The van der Waals surface area contributed by atoms with E-state index in [-0.39, 0.29) is 0 Å². The lowest BCUT2D eigenvalue weighted by Gasteiger charge is -2.12. The van der Waals surface area contributed by atoms with Crippen LogP contribution in [0.2, 0.25) is 0 Å². The van der Waals surface area contributed by atoms with Gasteiger partial charge in [0.15, 0.2) is 6.29 Å². The summed E-state index contributed by atoms with van der Waals surface area (Å²) in [6, 6.07) is 10.0. The van der Waals surface area contributed by atoms with Crippen LogP contribution >= 0.6 is 0 Å². The van der Waals surface area contributed by atoms with Gasteiger partial charge in [-0.25, -0.2) is 0 Å². The van der Waals surface area contributed by atoms with Gasteiger partial charge in [0.1, 0.15) is 12.4 Å². The lowest BCUT2D eigenvalue weighted by Crippen LogP contribution is -2.04. The Morgan fingerprint density at radius 1 is 1.38 bits per heavy atom. The van der Waals surface area contributed by atoms with Gasteiger partial charge in [-0.05, 0) is 18.6 Å². The van der Waals surface area contributed by atoms with Crippen molar-refractivity contribution in [3.05, 3.63) is 65.0 Å². The van der Waals surface area contributed by atoms with Crippen LogP contribution < -0.4 is 4.74 Å². The minimum Gasteiger partial charge on any atom is -0.487 e. The fraction of sp³-hybridized carbons (Fsp3) is 0.235. The molecule has 1 N–H and O–H groups in total. The largest absolute Gasteiger partial charge is 0.487 e. The highest BCUT2D eigenvalue weighted by Gasteiger charge is 2.27. The van der Waals surface area contributed by atoms with Crippen molar-refractivity contribution in [3.63, 3.8) is 0 Å². The summed E-state index contributed by atoms with van der Waals surface area (Å²) in [5.41, 5.74) is 3.47. The number of pyridine rings is 1. The number of aryl methyl sites for hydroxylation is 1. The molecule has 0 amide bonds. The monoisotopic (exact) mass is 283 g/mol. The van der Waals surface area contributed by atoms with Crippen LogP contribution in [-0.4, -0.2) is 16.7 Å². The third-order valence-electron chi connectivity index (χ3n) is 3.41. The molecule has 21 heavy (non-hydrogen) atoms. The highest BCUT2D eigenvalue weighted by molar-refractivity contribution is 5.49. The van der Waals surface area contributed by atoms with E-state index in [2.05, 4.69) is 4.98 Å². The van der Waals surface area contributed by atoms with Gasteiger partial charge in [-0.2, -0.15) is 0 Å². The van der Waals surface area contributed by atoms with Gasteiger partial charge in [0.25, 0.3) is 0 Å². The minimum absolute atomic E-state index is 0.375. The summed E-state index contributed by atoms with van der Waals surface area (Å²) in [6.07, 6.45) is 4.75. The molecule has 3 rings (SSSR count). The highest BCUT2D eigenvalue weighted by atomic mass is 16.6. The van der Waals surface area contributed by atoms with E-state index in [1.54, 1.807) is 6.20 Å². The Bertz CT molecular complexity index is 653. The molecule has 1 unspecified atom stereocenters. The maximum atomic E-state index is 9.87. The molecule has 4 nitrogen and oxygen atoms in total. The lowest BCUT2D eigenvalue weighted by atomic mass is 10.1. The number of hydrogen-bond acceptors (Lipinski definition) is 4. The van der Waals surface area contributed by atoms with E-state index in [1.807, 2.05) is 49.4 Å². The molecule has 0 spiro atoms. The van der Waals surface area contributed by atoms with E-state index in [1.165, 1.54) is 0 Å². The molecular weight excluding hydrogens is 266 g/mol. The van der Waals surface area contributed by atoms with Crippen molar-refractivity contribution in [3.8, 4) is 5.75 Å². The first-order chi connectivity index (χ1) is 10.3. The van der Waals surface area contributed by atoms with Crippen molar-refractivity contribution in [1.82, 2.24) is 4.98 Å². The van der Waals surface area contributed by atoms with E-state index in [0.717, 1.165) is 16.8 Å². The molecule has 1 aliphatic heterocycles. The van der Waals surface area contributed by atoms with Crippen molar-refractivity contribution in [2.75, 3.05) is 6.61 Å². The molecule has 4 heteroatoms. The van der Waals surface area contributed by atoms with Crippen LogP contribution in [-0.2, 0) is 11.3 Å². The number of hydrogen-bond donors (Lipinski definition) is 1. The molecular formula is C17H17NO3. The van der Waals surface area contributed by atoms with Crippen molar-refractivity contribution in [2.45, 2.75) is 19.8 Å². The Balaban J connectivity index is 1.72. The zero-order valence-corrected chi connectivity index (χ0v) is 11.8. The van der Waals surface area contributed by atoms with Crippen LogP contribution in [0.3, 0.4) is 0 Å². The summed E-state index contributed by atoms with van der Waals surface area (Å²) in [5, 5.41) is 9.87. The molecule has 0 saturated heterocycles. The average molecular weight is 283 g/mol. The molecule has 2 aromatic rings. The van der Waals surface area contributed by atoms with Gasteiger partial charge in [-0.15, -0.1) is 0 Å². The van der Waals surface area contributed by atoms with Gasteiger partial charge in [-0.1, -0.05) is 36.4 Å². The first-order valence-corrected chi connectivity index (χ1v) is 6.88. The first-order valence-electron chi connectivity index (χ1n) is 6.88. The SMILES string of the molecule is Cc1ncc2c(c1OC/C=C\c1ccccc1)C(O)OC2. The van der Waals surface area contributed by atoms with E-state index >= 15 is 0 Å². The summed E-state index contributed by atoms with van der Waals surface area (Å²) in [5.74, 6) is 0.621. The maximum absolute atomic E-state index is 9.87. The average Bonchev–Trinajstić information content (AvgIpc) is 2.88. The van der Waals surface area contributed by atoms with E-state index in [9.17, 15) is 5.11 Å². The second-order valence-corrected chi connectivity index (χ2v) is 4.90. The number of rotatable bonds is 4. The Kier molecular flexibility index (Phi) is 3.99. The summed E-state index contributed by atoms with van der Waals surface area (Å²) < 4.78 is 11.0. The predicted molar refractivity (Wildman–Crippen MR) is 79.7 cm³/mol. The quantitative estimate of drug-likeness (QED) is 0.937. The molecule has 0 fully saturated rings. The van der Waals surface area contributed by atoms with E-state index < -0.39 is 6.29 Å². The zero-order valence-electron chi connectivity index (χ0n) is 11.8. The van der Waals surface area contributed by atoms with Crippen molar-refractivity contribution < 1.29 is 14.6 Å². The molecule has 0 aliphatic carbocycles. The lowest BCUT2D eigenvalue weighted by molar-refractivity contribution is -0.0927. The first kappa shape index (κ1) is 13.8. The van der Waals surface area contributed by atoms with Crippen LogP contribution in [0.4, 0.5) is 0 Å². The van der Waals surface area contributed by atoms with Gasteiger partial charge in [0.05, 0.1) is 17.9 Å². The van der Waals surface area contributed by atoms with Crippen LogP contribution in [0.5, 0.6) is 5.75 Å². The zero-order chi connectivity index (χ0) is 14.7. The van der Waals surface area contributed by atoms with Crippen molar-refractivity contribution in [1.29, 1.82) is 0 Å². The number of benzene rings is 1. The minimum atomic E-state index is -0.921. The third kappa shape index (κ3) is 2.96. The van der Waals surface area contributed by atoms with Gasteiger partial charge < -0.3 is 14.6 Å². The second-order valence-electron chi connectivity index (χ2n) is 4.90.